The van der Waals surface area contributed by atoms with E-state index in [2.05, 4.69) is 37.2 Å². The van der Waals surface area contributed by atoms with Gasteiger partial charge in [0.25, 0.3) is 0 Å². The van der Waals surface area contributed by atoms with E-state index in [9.17, 15) is 4.79 Å². The van der Waals surface area contributed by atoms with Gasteiger partial charge in [0.1, 0.15) is 30.6 Å². The van der Waals surface area contributed by atoms with Crippen molar-refractivity contribution in [2.45, 2.75) is 31.5 Å². The number of hydrogen-bond acceptors (Lipinski definition) is 9. The summed E-state index contributed by atoms with van der Waals surface area (Å²) in [6.45, 7) is 4.07. The van der Waals surface area contributed by atoms with Crippen LogP contribution in [0, 0.1) is 0 Å². The summed E-state index contributed by atoms with van der Waals surface area (Å²) in [5, 5.41) is 3.11. The minimum atomic E-state index is -0.103. The summed E-state index contributed by atoms with van der Waals surface area (Å²) in [6, 6.07) is 17.6. The number of hydrogen-bond donors (Lipinski definition) is 1. The predicted octanol–water partition coefficient (Wildman–Crippen LogP) is 3.10. The van der Waals surface area contributed by atoms with Crippen molar-refractivity contribution < 1.29 is 19.0 Å². The fourth-order valence-corrected chi connectivity index (χ4v) is 5.39. The van der Waals surface area contributed by atoms with Crippen LogP contribution < -0.4 is 24.4 Å². The first-order valence-corrected chi connectivity index (χ1v) is 14.2. The number of carbonyl (C=O) groups excluding carboxylic acids is 1. The third kappa shape index (κ3) is 6.63. The van der Waals surface area contributed by atoms with Crippen molar-refractivity contribution in [2.24, 2.45) is 0 Å². The normalized spacial score (nSPS) is 18.5. The van der Waals surface area contributed by atoms with Gasteiger partial charge in [0.05, 0.1) is 13.2 Å². The molecule has 0 bridgehead atoms. The molecular formula is C31H35N7O4. The lowest BCUT2D eigenvalue weighted by Crippen LogP contribution is -2.54. The molecule has 0 radical (unpaired) electrons. The Morgan fingerprint density at radius 2 is 1.93 bits per heavy atom. The zero-order valence-electron chi connectivity index (χ0n) is 23.6. The van der Waals surface area contributed by atoms with Crippen molar-refractivity contribution in [3.8, 4) is 23.2 Å². The van der Waals surface area contributed by atoms with E-state index in [1.165, 1.54) is 5.56 Å². The number of carbonyl (C=O) groups is 1. The number of aromatic nitrogens is 4. The molecule has 1 amide bonds. The number of anilines is 1. The van der Waals surface area contributed by atoms with Gasteiger partial charge in [-0.2, -0.15) is 4.98 Å². The molecule has 1 N–H and O–H groups in total. The highest BCUT2D eigenvalue weighted by atomic mass is 16.6. The average molecular weight is 570 g/mol. The molecule has 2 aliphatic rings. The Morgan fingerprint density at radius 1 is 1.07 bits per heavy atom. The molecule has 4 heterocycles. The summed E-state index contributed by atoms with van der Waals surface area (Å²) in [5.74, 6) is 3.68. The highest BCUT2D eigenvalue weighted by molar-refractivity contribution is 5.77. The van der Waals surface area contributed by atoms with Crippen LogP contribution in [0.2, 0.25) is 0 Å². The largest absolute Gasteiger partial charge is 0.497 e. The van der Waals surface area contributed by atoms with Crippen LogP contribution in [0.15, 0.2) is 79.5 Å². The number of piperazine rings is 1. The standard InChI is InChI=1S/C31H35N7O4/c1-40-25-8-6-23(7-9-25)19-36-16-17-38(29-11-13-34-31(35-29)37-15-14-32-22-37)24(20-36)18-30(39)33-12-10-26-21-41-27-4-2-3-5-28(27)42-26/h2-9,11,13-15,22,24,26H,10,12,16-21H2,1H3,(H,33,39). The Bertz CT molecular complexity index is 1460. The minimum absolute atomic E-state index is 0.00249. The minimum Gasteiger partial charge on any atom is -0.497 e. The van der Waals surface area contributed by atoms with Gasteiger partial charge < -0.3 is 24.4 Å². The highest BCUT2D eigenvalue weighted by Gasteiger charge is 2.30. The Balaban J connectivity index is 1.10. The van der Waals surface area contributed by atoms with Crippen LogP contribution >= 0.6 is 0 Å². The zero-order valence-corrected chi connectivity index (χ0v) is 23.6. The lowest BCUT2D eigenvalue weighted by molar-refractivity contribution is -0.121. The summed E-state index contributed by atoms with van der Waals surface area (Å²) in [6.07, 6.45) is 7.85. The number of nitrogens with zero attached hydrogens (tertiary/aromatic N) is 6. The van der Waals surface area contributed by atoms with Crippen LogP contribution in [-0.2, 0) is 11.3 Å². The van der Waals surface area contributed by atoms with E-state index in [4.69, 9.17) is 19.2 Å². The predicted molar refractivity (Wildman–Crippen MR) is 157 cm³/mol. The number of rotatable bonds is 10. The van der Waals surface area contributed by atoms with Gasteiger partial charge in [-0.1, -0.05) is 24.3 Å². The number of nitrogens with one attached hydrogen (secondary N) is 1. The van der Waals surface area contributed by atoms with Crippen LogP contribution in [-0.4, -0.2) is 82.4 Å². The van der Waals surface area contributed by atoms with Gasteiger partial charge >= 0.3 is 0 Å². The van der Waals surface area contributed by atoms with E-state index >= 15 is 0 Å². The molecular weight excluding hydrogens is 534 g/mol. The maximum absolute atomic E-state index is 13.2. The summed E-state index contributed by atoms with van der Waals surface area (Å²) < 4.78 is 18.9. The maximum Gasteiger partial charge on any atom is 0.236 e. The van der Waals surface area contributed by atoms with E-state index in [-0.39, 0.29) is 18.1 Å². The molecule has 2 aromatic heterocycles. The fourth-order valence-electron chi connectivity index (χ4n) is 5.39. The van der Waals surface area contributed by atoms with E-state index < -0.39 is 0 Å². The molecule has 11 heteroatoms. The Labute approximate surface area is 245 Å². The molecule has 2 unspecified atom stereocenters. The van der Waals surface area contributed by atoms with Gasteiger partial charge in [0, 0.05) is 64.2 Å². The topological polar surface area (TPSA) is 107 Å². The van der Waals surface area contributed by atoms with Crippen LogP contribution in [0.25, 0.3) is 5.95 Å². The highest BCUT2D eigenvalue weighted by Crippen LogP contribution is 2.31. The van der Waals surface area contributed by atoms with E-state index in [1.807, 2.05) is 48.7 Å². The van der Waals surface area contributed by atoms with Crippen molar-refractivity contribution in [1.82, 2.24) is 29.7 Å². The summed E-state index contributed by atoms with van der Waals surface area (Å²) >= 11 is 0. The van der Waals surface area contributed by atoms with Crippen molar-refractivity contribution in [3.05, 3.63) is 85.1 Å². The quantitative estimate of drug-likeness (QED) is 0.308. The second kappa shape index (κ2) is 12.9. The molecule has 6 rings (SSSR count). The molecule has 0 aliphatic carbocycles. The van der Waals surface area contributed by atoms with Gasteiger partial charge in [-0.15, -0.1) is 0 Å². The van der Waals surface area contributed by atoms with Crippen molar-refractivity contribution in [1.29, 1.82) is 0 Å². The molecule has 42 heavy (non-hydrogen) atoms. The molecule has 1 saturated heterocycles. The van der Waals surface area contributed by atoms with Gasteiger partial charge in [0.2, 0.25) is 11.9 Å². The number of ether oxygens (including phenoxy) is 3. The summed E-state index contributed by atoms with van der Waals surface area (Å²) in [4.78, 5) is 31.2. The van der Waals surface area contributed by atoms with Crippen molar-refractivity contribution >= 4 is 11.7 Å². The van der Waals surface area contributed by atoms with E-state index in [1.54, 1.807) is 30.4 Å². The molecule has 4 aromatic rings. The second-order valence-corrected chi connectivity index (χ2v) is 10.5. The number of benzene rings is 2. The molecule has 2 aliphatic heterocycles. The monoisotopic (exact) mass is 569 g/mol. The zero-order chi connectivity index (χ0) is 28.7. The number of methoxy groups -OCH3 is 1. The first-order chi connectivity index (χ1) is 20.6. The average Bonchev–Trinajstić information content (AvgIpc) is 3.57. The Morgan fingerprint density at radius 3 is 2.74 bits per heavy atom. The molecule has 1 fully saturated rings. The van der Waals surface area contributed by atoms with E-state index in [0.29, 0.717) is 31.9 Å². The molecule has 0 saturated carbocycles. The molecule has 2 aromatic carbocycles. The van der Waals surface area contributed by atoms with Crippen LogP contribution in [0.3, 0.4) is 0 Å². The first kappa shape index (κ1) is 27.5. The van der Waals surface area contributed by atoms with Crippen LogP contribution in [0.1, 0.15) is 18.4 Å². The van der Waals surface area contributed by atoms with Gasteiger partial charge in [-0.05, 0) is 35.9 Å². The summed E-state index contributed by atoms with van der Waals surface area (Å²) in [7, 11) is 1.67. The molecule has 218 valence electrons. The summed E-state index contributed by atoms with van der Waals surface area (Å²) in [5.41, 5.74) is 1.20. The third-order valence-electron chi connectivity index (χ3n) is 7.57. The molecule has 0 spiro atoms. The lowest BCUT2D eigenvalue weighted by Gasteiger charge is -2.42. The number of fused-ring (bicyclic) bond motifs is 1. The van der Waals surface area contributed by atoms with Crippen molar-refractivity contribution in [3.63, 3.8) is 0 Å². The number of amides is 1. The smallest absolute Gasteiger partial charge is 0.236 e. The van der Waals surface area contributed by atoms with Crippen LogP contribution in [0.4, 0.5) is 5.82 Å². The fraction of sp³-hybridized carbons (Fsp3) is 0.355. The Hall–Kier alpha value is -4.64. The first-order valence-electron chi connectivity index (χ1n) is 14.2. The number of para-hydroxylation sites is 2. The second-order valence-electron chi connectivity index (χ2n) is 10.5. The van der Waals surface area contributed by atoms with Gasteiger partial charge in [0.15, 0.2) is 11.5 Å². The number of imidazole rings is 1. The van der Waals surface area contributed by atoms with Gasteiger partial charge in [-0.25, -0.2) is 9.97 Å². The van der Waals surface area contributed by atoms with Crippen LogP contribution in [0.5, 0.6) is 17.2 Å². The molecule has 2 atom stereocenters. The maximum atomic E-state index is 13.2. The van der Waals surface area contributed by atoms with E-state index in [0.717, 1.165) is 49.2 Å². The molecule has 11 nitrogen and oxygen atoms in total. The SMILES string of the molecule is COc1ccc(CN2CCN(c3ccnc(-n4ccnc4)n3)C(CC(=O)NCCC3COc4ccccc4O3)C2)cc1. The third-order valence-corrected chi connectivity index (χ3v) is 7.57. The lowest BCUT2D eigenvalue weighted by atomic mass is 10.1. The van der Waals surface area contributed by atoms with Gasteiger partial charge in [-0.3, -0.25) is 14.3 Å². The van der Waals surface area contributed by atoms with Crippen molar-refractivity contribution in [2.75, 3.05) is 44.8 Å². The Kier molecular flexibility index (Phi) is 8.46.